The van der Waals surface area contributed by atoms with Crippen LogP contribution in [0.15, 0.2) is 54.6 Å². The predicted octanol–water partition coefficient (Wildman–Crippen LogP) is 2.29. The van der Waals surface area contributed by atoms with Crippen LogP contribution >= 0.6 is 12.2 Å². The van der Waals surface area contributed by atoms with Crippen LogP contribution in [0, 0.1) is 0 Å². The van der Waals surface area contributed by atoms with Crippen LogP contribution in [-0.2, 0) is 4.79 Å². The fraction of sp³-hybridized carbons (Fsp3) is 0.0625. The van der Waals surface area contributed by atoms with E-state index in [1.165, 1.54) is 0 Å². The molecule has 0 aliphatic carbocycles. The molecular weight excluding hydrogens is 300 g/mol. The number of anilines is 1. The lowest BCUT2D eigenvalue weighted by Crippen LogP contribution is -2.33. The average Bonchev–Trinajstić information content (AvgIpc) is 2.53. The second-order valence-corrected chi connectivity index (χ2v) is 4.85. The standard InChI is InChI=1S/C16H14N2O3S/c19-14(20)10-17-16(22)18-13-9-5-4-8-12(13)15(21)11-6-2-1-3-7-11/h1-9H,10H2,(H,19,20)(H2,17,18,22). The minimum absolute atomic E-state index is 0.135. The Morgan fingerprint density at radius 2 is 1.64 bits per heavy atom. The fourth-order valence-electron chi connectivity index (χ4n) is 1.86. The molecule has 0 saturated heterocycles. The number of ketones is 1. The van der Waals surface area contributed by atoms with E-state index in [-0.39, 0.29) is 17.4 Å². The topological polar surface area (TPSA) is 78.4 Å². The number of carbonyl (C=O) groups is 2. The van der Waals surface area contributed by atoms with Gasteiger partial charge in [0.25, 0.3) is 0 Å². The summed E-state index contributed by atoms with van der Waals surface area (Å²) >= 11 is 5.02. The highest BCUT2D eigenvalue weighted by Gasteiger charge is 2.13. The third-order valence-corrected chi connectivity index (χ3v) is 3.10. The number of aliphatic carboxylic acids is 1. The van der Waals surface area contributed by atoms with Crippen molar-refractivity contribution in [1.29, 1.82) is 0 Å². The maximum absolute atomic E-state index is 12.5. The lowest BCUT2D eigenvalue weighted by Gasteiger charge is -2.12. The van der Waals surface area contributed by atoms with Gasteiger partial charge >= 0.3 is 5.97 Å². The minimum Gasteiger partial charge on any atom is -0.480 e. The van der Waals surface area contributed by atoms with Gasteiger partial charge in [-0.15, -0.1) is 0 Å². The van der Waals surface area contributed by atoms with Crippen LogP contribution in [0.1, 0.15) is 15.9 Å². The second kappa shape index (κ2) is 7.33. The highest BCUT2D eigenvalue weighted by Crippen LogP contribution is 2.19. The Balaban J connectivity index is 2.18. The number of carbonyl (C=O) groups excluding carboxylic acids is 1. The molecular formula is C16H14N2O3S. The van der Waals surface area contributed by atoms with Crippen molar-refractivity contribution in [1.82, 2.24) is 5.32 Å². The Hall–Kier alpha value is -2.73. The third-order valence-electron chi connectivity index (χ3n) is 2.86. The Labute approximate surface area is 133 Å². The van der Waals surface area contributed by atoms with Gasteiger partial charge in [0.1, 0.15) is 6.54 Å². The first-order valence-corrected chi connectivity index (χ1v) is 6.94. The van der Waals surface area contributed by atoms with Crippen LogP contribution in [-0.4, -0.2) is 28.5 Å². The van der Waals surface area contributed by atoms with E-state index in [4.69, 9.17) is 17.3 Å². The average molecular weight is 314 g/mol. The molecule has 0 spiro atoms. The first-order chi connectivity index (χ1) is 10.6. The van der Waals surface area contributed by atoms with E-state index in [1.807, 2.05) is 6.07 Å². The normalized spacial score (nSPS) is 9.82. The van der Waals surface area contributed by atoms with E-state index in [1.54, 1.807) is 48.5 Å². The molecule has 0 amide bonds. The van der Waals surface area contributed by atoms with Gasteiger partial charge < -0.3 is 15.7 Å². The molecule has 2 aromatic carbocycles. The van der Waals surface area contributed by atoms with Gasteiger partial charge in [0, 0.05) is 11.1 Å². The lowest BCUT2D eigenvalue weighted by molar-refractivity contribution is -0.135. The fourth-order valence-corrected chi connectivity index (χ4v) is 2.04. The number of thiocarbonyl (C=S) groups is 1. The summed E-state index contributed by atoms with van der Waals surface area (Å²) in [6, 6.07) is 15.8. The molecule has 0 unspecified atom stereocenters. The molecule has 2 rings (SSSR count). The van der Waals surface area contributed by atoms with Crippen molar-refractivity contribution in [3.05, 3.63) is 65.7 Å². The monoisotopic (exact) mass is 314 g/mol. The van der Waals surface area contributed by atoms with Gasteiger partial charge in [-0.25, -0.2) is 0 Å². The Morgan fingerprint density at radius 1 is 1.00 bits per heavy atom. The maximum Gasteiger partial charge on any atom is 0.322 e. The Bertz CT molecular complexity index is 702. The van der Waals surface area contributed by atoms with E-state index < -0.39 is 5.97 Å². The van der Waals surface area contributed by atoms with Crippen LogP contribution in [0.5, 0.6) is 0 Å². The molecule has 2 aromatic rings. The maximum atomic E-state index is 12.5. The molecule has 5 nitrogen and oxygen atoms in total. The molecule has 112 valence electrons. The van der Waals surface area contributed by atoms with Gasteiger partial charge in [-0.05, 0) is 24.4 Å². The van der Waals surface area contributed by atoms with Crippen LogP contribution in [0.2, 0.25) is 0 Å². The molecule has 6 heteroatoms. The number of nitrogens with one attached hydrogen (secondary N) is 2. The predicted molar refractivity (Wildman–Crippen MR) is 88.2 cm³/mol. The number of hydrogen-bond donors (Lipinski definition) is 3. The van der Waals surface area contributed by atoms with Gasteiger partial charge in [0.15, 0.2) is 10.9 Å². The third kappa shape index (κ3) is 4.13. The van der Waals surface area contributed by atoms with Gasteiger partial charge in [0.2, 0.25) is 0 Å². The summed E-state index contributed by atoms with van der Waals surface area (Å²) in [5.41, 5.74) is 1.56. The van der Waals surface area contributed by atoms with E-state index in [9.17, 15) is 9.59 Å². The van der Waals surface area contributed by atoms with Gasteiger partial charge in [0.05, 0.1) is 5.69 Å². The van der Waals surface area contributed by atoms with E-state index in [0.717, 1.165) is 0 Å². The zero-order chi connectivity index (χ0) is 15.9. The molecule has 3 N–H and O–H groups in total. The smallest absolute Gasteiger partial charge is 0.322 e. The number of hydrogen-bond acceptors (Lipinski definition) is 3. The molecule has 0 aliphatic rings. The minimum atomic E-state index is -1.02. The van der Waals surface area contributed by atoms with Crippen molar-refractivity contribution in [3.63, 3.8) is 0 Å². The molecule has 0 aromatic heterocycles. The summed E-state index contributed by atoms with van der Waals surface area (Å²) in [5, 5.41) is 14.2. The highest BCUT2D eigenvalue weighted by molar-refractivity contribution is 7.80. The number of para-hydroxylation sites is 1. The quantitative estimate of drug-likeness (QED) is 0.580. The van der Waals surface area contributed by atoms with Crippen molar-refractivity contribution in [2.24, 2.45) is 0 Å². The van der Waals surface area contributed by atoms with Crippen LogP contribution in [0.4, 0.5) is 5.69 Å². The van der Waals surface area contributed by atoms with E-state index in [2.05, 4.69) is 10.6 Å². The largest absolute Gasteiger partial charge is 0.480 e. The molecule has 0 bridgehead atoms. The van der Waals surface area contributed by atoms with Crippen LogP contribution in [0.25, 0.3) is 0 Å². The number of benzene rings is 2. The van der Waals surface area contributed by atoms with Crippen molar-refractivity contribution in [3.8, 4) is 0 Å². The summed E-state index contributed by atoms with van der Waals surface area (Å²) in [7, 11) is 0. The lowest BCUT2D eigenvalue weighted by atomic mass is 10.0. The first kappa shape index (κ1) is 15.7. The van der Waals surface area contributed by atoms with Crippen molar-refractivity contribution < 1.29 is 14.7 Å². The first-order valence-electron chi connectivity index (χ1n) is 6.53. The highest BCUT2D eigenvalue weighted by atomic mass is 32.1. The summed E-state index contributed by atoms with van der Waals surface area (Å²) in [4.78, 5) is 23.0. The number of rotatable bonds is 5. The van der Waals surface area contributed by atoms with E-state index in [0.29, 0.717) is 16.8 Å². The molecule has 0 radical (unpaired) electrons. The van der Waals surface area contributed by atoms with Gasteiger partial charge in [-0.1, -0.05) is 42.5 Å². The zero-order valence-electron chi connectivity index (χ0n) is 11.6. The molecule has 0 heterocycles. The molecule has 0 atom stereocenters. The molecule has 22 heavy (non-hydrogen) atoms. The Morgan fingerprint density at radius 3 is 2.32 bits per heavy atom. The summed E-state index contributed by atoms with van der Waals surface area (Å²) in [6.07, 6.45) is 0. The van der Waals surface area contributed by atoms with E-state index >= 15 is 0 Å². The Kier molecular flexibility index (Phi) is 5.21. The SMILES string of the molecule is O=C(O)CNC(=S)Nc1ccccc1C(=O)c1ccccc1. The van der Waals surface area contributed by atoms with Crippen molar-refractivity contribution in [2.45, 2.75) is 0 Å². The summed E-state index contributed by atoms with van der Waals surface area (Å²) in [6.45, 7) is -0.291. The van der Waals surface area contributed by atoms with Gasteiger partial charge in [-0.3, -0.25) is 9.59 Å². The van der Waals surface area contributed by atoms with Gasteiger partial charge in [-0.2, -0.15) is 0 Å². The second-order valence-electron chi connectivity index (χ2n) is 4.44. The van der Waals surface area contributed by atoms with Crippen molar-refractivity contribution in [2.75, 3.05) is 11.9 Å². The summed E-state index contributed by atoms with van der Waals surface area (Å²) < 4.78 is 0. The molecule has 0 fully saturated rings. The zero-order valence-corrected chi connectivity index (χ0v) is 12.4. The van der Waals surface area contributed by atoms with Crippen LogP contribution < -0.4 is 10.6 Å². The van der Waals surface area contributed by atoms with Crippen molar-refractivity contribution >= 4 is 34.8 Å². The molecule has 0 aliphatic heterocycles. The molecule has 0 saturated carbocycles. The number of carboxylic acid groups (broad SMARTS) is 1. The summed E-state index contributed by atoms with van der Waals surface area (Å²) in [5.74, 6) is -1.15. The number of carboxylic acids is 1. The van der Waals surface area contributed by atoms with Crippen LogP contribution in [0.3, 0.4) is 0 Å².